The molecule has 0 atom stereocenters. The van der Waals surface area contributed by atoms with Crippen molar-refractivity contribution in [3.8, 4) is 0 Å². The predicted molar refractivity (Wildman–Crippen MR) is 50.0 cm³/mol. The SMILES string of the molecule is Cc1ccc(N)c2c(C)[nH]nc12. The molecule has 2 aromatic rings. The fraction of sp³-hybridized carbons (Fsp3) is 0.222. The highest BCUT2D eigenvalue weighted by Gasteiger charge is 2.06. The number of aromatic nitrogens is 2. The third-order valence-corrected chi connectivity index (χ3v) is 2.12. The molecule has 1 aromatic carbocycles. The largest absolute Gasteiger partial charge is 0.398 e. The first-order valence-electron chi connectivity index (χ1n) is 3.90. The average Bonchev–Trinajstić information content (AvgIpc) is 2.42. The third-order valence-electron chi connectivity index (χ3n) is 2.12. The number of benzene rings is 1. The van der Waals surface area contributed by atoms with Crippen LogP contribution in [0.2, 0.25) is 0 Å². The Kier molecular flexibility index (Phi) is 1.33. The van der Waals surface area contributed by atoms with Gasteiger partial charge in [0.2, 0.25) is 0 Å². The van der Waals surface area contributed by atoms with E-state index in [2.05, 4.69) is 10.2 Å². The summed E-state index contributed by atoms with van der Waals surface area (Å²) >= 11 is 0. The predicted octanol–water partition coefficient (Wildman–Crippen LogP) is 1.76. The van der Waals surface area contributed by atoms with Crippen molar-refractivity contribution in [1.82, 2.24) is 10.2 Å². The fourth-order valence-electron chi connectivity index (χ4n) is 1.44. The summed E-state index contributed by atoms with van der Waals surface area (Å²) < 4.78 is 0. The minimum atomic E-state index is 0.793. The lowest BCUT2D eigenvalue weighted by atomic mass is 10.1. The highest BCUT2D eigenvalue weighted by Crippen LogP contribution is 2.24. The van der Waals surface area contributed by atoms with Crippen molar-refractivity contribution >= 4 is 16.6 Å². The minimum Gasteiger partial charge on any atom is -0.398 e. The summed E-state index contributed by atoms with van der Waals surface area (Å²) in [4.78, 5) is 0. The van der Waals surface area contributed by atoms with Gasteiger partial charge in [-0.05, 0) is 25.5 Å². The van der Waals surface area contributed by atoms with Crippen LogP contribution in [0, 0.1) is 13.8 Å². The van der Waals surface area contributed by atoms with Gasteiger partial charge in [0.25, 0.3) is 0 Å². The summed E-state index contributed by atoms with van der Waals surface area (Å²) in [5.41, 5.74) is 9.77. The molecule has 1 aromatic heterocycles. The first kappa shape index (κ1) is 7.16. The summed E-state index contributed by atoms with van der Waals surface area (Å²) in [6, 6.07) is 3.90. The van der Waals surface area contributed by atoms with Crippen molar-refractivity contribution in [2.45, 2.75) is 13.8 Å². The number of anilines is 1. The molecule has 0 aliphatic rings. The Balaban J connectivity index is 2.98. The summed E-state index contributed by atoms with van der Waals surface area (Å²) in [5, 5.41) is 8.15. The second kappa shape index (κ2) is 2.24. The van der Waals surface area contributed by atoms with Crippen molar-refractivity contribution in [1.29, 1.82) is 0 Å². The molecule has 0 saturated carbocycles. The lowest BCUT2D eigenvalue weighted by Crippen LogP contribution is -1.87. The number of fused-ring (bicyclic) bond motifs is 1. The quantitative estimate of drug-likeness (QED) is 0.578. The molecule has 0 amide bonds. The van der Waals surface area contributed by atoms with Gasteiger partial charge in [-0.2, -0.15) is 5.10 Å². The van der Waals surface area contributed by atoms with Gasteiger partial charge in [0.1, 0.15) is 0 Å². The van der Waals surface area contributed by atoms with Crippen molar-refractivity contribution in [3.05, 3.63) is 23.4 Å². The van der Waals surface area contributed by atoms with Crippen molar-refractivity contribution in [2.75, 3.05) is 5.73 Å². The molecule has 0 fully saturated rings. The normalized spacial score (nSPS) is 10.8. The summed E-state index contributed by atoms with van der Waals surface area (Å²) in [6.45, 7) is 4.01. The van der Waals surface area contributed by atoms with Crippen LogP contribution < -0.4 is 5.73 Å². The first-order valence-corrected chi connectivity index (χ1v) is 3.90. The fourth-order valence-corrected chi connectivity index (χ4v) is 1.44. The number of aromatic amines is 1. The summed E-state index contributed by atoms with van der Waals surface area (Å²) in [7, 11) is 0. The molecule has 1 heterocycles. The first-order chi connectivity index (χ1) is 5.70. The topological polar surface area (TPSA) is 54.7 Å². The van der Waals surface area contributed by atoms with Crippen LogP contribution in [0.1, 0.15) is 11.3 Å². The van der Waals surface area contributed by atoms with Crippen molar-refractivity contribution in [2.24, 2.45) is 0 Å². The van der Waals surface area contributed by atoms with Crippen LogP contribution in [-0.4, -0.2) is 10.2 Å². The van der Waals surface area contributed by atoms with E-state index in [-0.39, 0.29) is 0 Å². The average molecular weight is 161 g/mol. The number of nitrogens with zero attached hydrogens (tertiary/aromatic N) is 1. The number of nitrogen functional groups attached to an aromatic ring is 1. The van der Waals surface area contributed by atoms with Gasteiger partial charge < -0.3 is 5.73 Å². The molecule has 62 valence electrons. The number of hydrogen-bond acceptors (Lipinski definition) is 2. The van der Waals surface area contributed by atoms with Crippen LogP contribution in [0.5, 0.6) is 0 Å². The van der Waals surface area contributed by atoms with Crippen LogP contribution in [-0.2, 0) is 0 Å². The number of H-pyrrole nitrogens is 1. The smallest absolute Gasteiger partial charge is 0.0973 e. The Morgan fingerprint density at radius 2 is 2.08 bits per heavy atom. The Bertz CT molecular complexity index is 429. The molecule has 3 nitrogen and oxygen atoms in total. The number of hydrogen-bond donors (Lipinski definition) is 2. The Labute approximate surface area is 70.6 Å². The maximum absolute atomic E-state index is 5.81. The molecule has 0 aliphatic heterocycles. The Morgan fingerprint density at radius 1 is 1.33 bits per heavy atom. The molecular formula is C9H11N3. The molecule has 0 unspecified atom stereocenters. The van der Waals surface area contributed by atoms with E-state index in [4.69, 9.17) is 5.73 Å². The second-order valence-electron chi connectivity index (χ2n) is 3.04. The Morgan fingerprint density at radius 3 is 2.75 bits per heavy atom. The van der Waals surface area contributed by atoms with Gasteiger partial charge in [-0.15, -0.1) is 0 Å². The standard InChI is InChI=1S/C9H11N3/c1-5-3-4-7(10)8-6(2)11-12-9(5)8/h3-4H,10H2,1-2H3,(H,11,12). The third kappa shape index (κ3) is 0.794. The zero-order valence-corrected chi connectivity index (χ0v) is 7.18. The van der Waals surface area contributed by atoms with Gasteiger partial charge in [-0.3, -0.25) is 5.10 Å². The van der Waals surface area contributed by atoms with E-state index in [1.807, 2.05) is 26.0 Å². The molecule has 2 rings (SSSR count). The maximum Gasteiger partial charge on any atom is 0.0973 e. The van der Waals surface area contributed by atoms with Gasteiger partial charge in [0, 0.05) is 16.8 Å². The number of aryl methyl sites for hydroxylation is 2. The summed E-state index contributed by atoms with van der Waals surface area (Å²) in [6.07, 6.45) is 0. The number of rotatable bonds is 0. The van der Waals surface area contributed by atoms with E-state index in [1.54, 1.807) is 0 Å². The van der Waals surface area contributed by atoms with E-state index in [0.29, 0.717) is 0 Å². The molecule has 0 spiro atoms. The molecule has 0 saturated heterocycles. The van der Waals surface area contributed by atoms with E-state index in [0.717, 1.165) is 27.8 Å². The molecule has 0 aliphatic carbocycles. The van der Waals surface area contributed by atoms with Gasteiger partial charge in [0.15, 0.2) is 0 Å². The lowest BCUT2D eigenvalue weighted by molar-refractivity contribution is 1.06. The van der Waals surface area contributed by atoms with E-state index in [9.17, 15) is 0 Å². The van der Waals surface area contributed by atoms with Crippen molar-refractivity contribution < 1.29 is 0 Å². The zero-order valence-electron chi connectivity index (χ0n) is 7.18. The number of nitrogens with two attached hydrogens (primary N) is 1. The Hall–Kier alpha value is -1.51. The lowest BCUT2D eigenvalue weighted by Gasteiger charge is -1.98. The highest BCUT2D eigenvalue weighted by atomic mass is 15.1. The summed E-state index contributed by atoms with van der Waals surface area (Å²) in [5.74, 6) is 0. The number of nitrogens with one attached hydrogen (secondary N) is 1. The molecule has 3 N–H and O–H groups in total. The van der Waals surface area contributed by atoms with Crippen LogP contribution in [0.15, 0.2) is 12.1 Å². The van der Waals surface area contributed by atoms with Crippen LogP contribution >= 0.6 is 0 Å². The van der Waals surface area contributed by atoms with Gasteiger partial charge in [0.05, 0.1) is 5.52 Å². The monoisotopic (exact) mass is 161 g/mol. The molecule has 0 bridgehead atoms. The molecular weight excluding hydrogens is 150 g/mol. The van der Waals surface area contributed by atoms with E-state index >= 15 is 0 Å². The van der Waals surface area contributed by atoms with E-state index < -0.39 is 0 Å². The highest BCUT2D eigenvalue weighted by molar-refractivity contribution is 5.94. The zero-order chi connectivity index (χ0) is 8.72. The van der Waals surface area contributed by atoms with Crippen LogP contribution in [0.4, 0.5) is 5.69 Å². The van der Waals surface area contributed by atoms with Gasteiger partial charge >= 0.3 is 0 Å². The second-order valence-corrected chi connectivity index (χ2v) is 3.04. The van der Waals surface area contributed by atoms with Crippen LogP contribution in [0.3, 0.4) is 0 Å². The molecule has 3 heteroatoms. The van der Waals surface area contributed by atoms with E-state index in [1.165, 1.54) is 0 Å². The van der Waals surface area contributed by atoms with Gasteiger partial charge in [-0.25, -0.2) is 0 Å². The molecule has 0 radical (unpaired) electrons. The molecule has 12 heavy (non-hydrogen) atoms. The van der Waals surface area contributed by atoms with Gasteiger partial charge in [-0.1, -0.05) is 6.07 Å². The maximum atomic E-state index is 5.81. The minimum absolute atomic E-state index is 0.793. The van der Waals surface area contributed by atoms with Crippen molar-refractivity contribution in [3.63, 3.8) is 0 Å². The van der Waals surface area contributed by atoms with Crippen LogP contribution in [0.25, 0.3) is 10.9 Å².